The van der Waals surface area contributed by atoms with Crippen molar-refractivity contribution in [2.24, 2.45) is 0 Å². The van der Waals surface area contributed by atoms with Crippen LogP contribution in [-0.2, 0) is 9.53 Å². The van der Waals surface area contributed by atoms with Crippen LogP contribution in [0.1, 0.15) is 6.42 Å². The van der Waals surface area contributed by atoms with Crippen molar-refractivity contribution >= 4 is 40.9 Å². The van der Waals surface area contributed by atoms with Crippen LogP contribution in [0.2, 0.25) is 10.0 Å². The fourth-order valence-electron chi connectivity index (χ4n) is 1.70. The monoisotopic (exact) mass is 302 g/mol. The number of hydrogen-bond acceptors (Lipinski definition) is 3. The number of rotatable bonds is 3. The Balaban J connectivity index is 1.97. The first-order valence-electron chi connectivity index (χ1n) is 5.73. The van der Waals surface area contributed by atoms with Gasteiger partial charge in [-0.3, -0.25) is 9.69 Å². The molecule has 1 aromatic carbocycles. The van der Waals surface area contributed by atoms with E-state index >= 15 is 0 Å². The van der Waals surface area contributed by atoms with E-state index in [1.54, 1.807) is 18.2 Å². The summed E-state index contributed by atoms with van der Waals surface area (Å²) in [4.78, 5) is 24.6. The van der Waals surface area contributed by atoms with Crippen molar-refractivity contribution in [3.63, 3.8) is 0 Å². The Morgan fingerprint density at radius 1 is 1.42 bits per heavy atom. The number of nitrogens with zero attached hydrogens (tertiary/aromatic N) is 1. The minimum absolute atomic E-state index is 0.0678. The summed E-state index contributed by atoms with van der Waals surface area (Å²) >= 11 is 11.8. The van der Waals surface area contributed by atoms with Crippen molar-refractivity contribution in [3.05, 3.63) is 28.2 Å². The Hall–Kier alpha value is -1.46. The van der Waals surface area contributed by atoms with Gasteiger partial charge in [0, 0.05) is 11.6 Å². The van der Waals surface area contributed by atoms with E-state index in [-0.39, 0.29) is 12.5 Å². The van der Waals surface area contributed by atoms with Gasteiger partial charge >= 0.3 is 6.09 Å². The molecule has 7 heteroatoms. The van der Waals surface area contributed by atoms with Crippen molar-refractivity contribution in [1.29, 1.82) is 0 Å². The number of anilines is 1. The maximum Gasteiger partial charge on any atom is 0.410 e. The van der Waals surface area contributed by atoms with Crippen LogP contribution in [0.25, 0.3) is 0 Å². The maximum atomic E-state index is 11.8. The van der Waals surface area contributed by atoms with Crippen LogP contribution in [0.15, 0.2) is 18.2 Å². The molecule has 0 aliphatic carbocycles. The van der Waals surface area contributed by atoms with E-state index in [1.807, 2.05) is 0 Å². The fourth-order valence-corrected chi connectivity index (χ4v) is 2.03. The van der Waals surface area contributed by atoms with Crippen molar-refractivity contribution in [1.82, 2.24) is 4.90 Å². The molecule has 0 bridgehead atoms. The van der Waals surface area contributed by atoms with Gasteiger partial charge in [-0.2, -0.15) is 0 Å². The largest absolute Gasteiger partial charge is 0.449 e. The minimum atomic E-state index is -0.474. The van der Waals surface area contributed by atoms with E-state index in [4.69, 9.17) is 27.9 Å². The van der Waals surface area contributed by atoms with Gasteiger partial charge in [0.1, 0.15) is 6.54 Å². The van der Waals surface area contributed by atoms with Gasteiger partial charge in [0.15, 0.2) is 0 Å². The fraction of sp³-hybridized carbons (Fsp3) is 0.333. The summed E-state index contributed by atoms with van der Waals surface area (Å²) in [5.41, 5.74) is 0.421. The summed E-state index contributed by atoms with van der Waals surface area (Å²) in [6.45, 7) is 0.842. The van der Waals surface area contributed by atoms with E-state index in [9.17, 15) is 9.59 Å². The van der Waals surface area contributed by atoms with Crippen LogP contribution < -0.4 is 5.32 Å². The summed E-state index contributed by atoms with van der Waals surface area (Å²) in [6, 6.07) is 4.77. The molecule has 1 fully saturated rings. The number of nitrogens with one attached hydrogen (secondary N) is 1. The number of benzene rings is 1. The van der Waals surface area contributed by atoms with Crippen LogP contribution in [-0.4, -0.2) is 36.6 Å². The zero-order chi connectivity index (χ0) is 13.8. The normalized spacial score (nSPS) is 15.1. The summed E-state index contributed by atoms with van der Waals surface area (Å²) < 4.78 is 4.84. The summed E-state index contributed by atoms with van der Waals surface area (Å²) in [7, 11) is 0. The molecule has 0 saturated carbocycles. The van der Waals surface area contributed by atoms with Crippen LogP contribution in [0.5, 0.6) is 0 Å². The highest BCUT2D eigenvalue weighted by atomic mass is 35.5. The topological polar surface area (TPSA) is 58.6 Å². The highest BCUT2D eigenvalue weighted by molar-refractivity contribution is 6.35. The quantitative estimate of drug-likeness (QED) is 0.934. The Kier molecular flexibility index (Phi) is 4.50. The molecule has 19 heavy (non-hydrogen) atoms. The van der Waals surface area contributed by atoms with E-state index in [0.29, 0.717) is 28.9 Å². The lowest BCUT2D eigenvalue weighted by Gasteiger charge is -2.25. The third-order valence-corrected chi connectivity index (χ3v) is 3.16. The van der Waals surface area contributed by atoms with Gasteiger partial charge in [0.05, 0.1) is 17.3 Å². The molecule has 1 saturated heterocycles. The average Bonchev–Trinajstić information content (AvgIpc) is 2.37. The predicted octanol–water partition coefficient (Wildman–Crippen LogP) is 2.77. The highest BCUT2D eigenvalue weighted by Crippen LogP contribution is 2.25. The zero-order valence-corrected chi connectivity index (χ0v) is 11.5. The molecule has 1 N–H and O–H groups in total. The third kappa shape index (κ3) is 3.75. The molecule has 2 rings (SSSR count). The molecule has 2 amide bonds. The SMILES string of the molecule is O=C(CN1CCCOC1=O)Nc1cc(Cl)ccc1Cl. The van der Waals surface area contributed by atoms with Crippen LogP contribution in [0, 0.1) is 0 Å². The first-order valence-corrected chi connectivity index (χ1v) is 6.48. The lowest BCUT2D eigenvalue weighted by atomic mass is 10.3. The van der Waals surface area contributed by atoms with Crippen LogP contribution in [0.4, 0.5) is 10.5 Å². The van der Waals surface area contributed by atoms with Crippen molar-refractivity contribution in [2.75, 3.05) is 25.0 Å². The van der Waals surface area contributed by atoms with Gasteiger partial charge in [0.25, 0.3) is 0 Å². The summed E-state index contributed by atoms with van der Waals surface area (Å²) in [5.74, 6) is -0.344. The second-order valence-corrected chi connectivity index (χ2v) is 4.91. The van der Waals surface area contributed by atoms with Gasteiger partial charge in [0.2, 0.25) is 5.91 Å². The summed E-state index contributed by atoms with van der Waals surface area (Å²) in [6.07, 6.45) is 0.246. The van der Waals surface area contributed by atoms with E-state index < -0.39 is 6.09 Å². The molecule has 0 atom stereocenters. The van der Waals surface area contributed by atoms with E-state index in [0.717, 1.165) is 6.42 Å². The predicted molar refractivity (Wildman–Crippen MR) is 72.6 cm³/mol. The van der Waals surface area contributed by atoms with Gasteiger partial charge in [-0.15, -0.1) is 0 Å². The molecule has 102 valence electrons. The lowest BCUT2D eigenvalue weighted by Crippen LogP contribution is -2.42. The van der Waals surface area contributed by atoms with Gasteiger partial charge in [-0.05, 0) is 24.6 Å². The molecule has 0 unspecified atom stereocenters. The second-order valence-electron chi connectivity index (χ2n) is 4.06. The molecule has 0 radical (unpaired) electrons. The van der Waals surface area contributed by atoms with Crippen molar-refractivity contribution in [2.45, 2.75) is 6.42 Å². The molecule has 5 nitrogen and oxygen atoms in total. The van der Waals surface area contributed by atoms with Gasteiger partial charge < -0.3 is 10.1 Å². The zero-order valence-electron chi connectivity index (χ0n) is 9.99. The Morgan fingerprint density at radius 3 is 2.95 bits per heavy atom. The van der Waals surface area contributed by atoms with Crippen LogP contribution >= 0.6 is 23.2 Å². The molecule has 1 aliphatic heterocycles. The smallest absolute Gasteiger partial charge is 0.410 e. The first-order chi connectivity index (χ1) is 9.06. The minimum Gasteiger partial charge on any atom is -0.449 e. The van der Waals surface area contributed by atoms with Gasteiger partial charge in [-0.25, -0.2) is 4.79 Å². The number of ether oxygens (including phenoxy) is 1. The third-order valence-electron chi connectivity index (χ3n) is 2.59. The number of cyclic esters (lactones) is 1. The Morgan fingerprint density at radius 2 is 2.21 bits per heavy atom. The molecule has 0 aromatic heterocycles. The number of amides is 2. The Labute approximate surface area is 120 Å². The van der Waals surface area contributed by atoms with Gasteiger partial charge in [-0.1, -0.05) is 23.2 Å². The average molecular weight is 303 g/mol. The first kappa shape index (κ1) is 14.0. The number of hydrogen-bond donors (Lipinski definition) is 1. The molecule has 0 spiro atoms. The molecular formula is C12H12Cl2N2O3. The second kappa shape index (κ2) is 6.12. The summed E-state index contributed by atoms with van der Waals surface area (Å²) in [5, 5.41) is 3.47. The maximum absolute atomic E-state index is 11.8. The molecule has 1 heterocycles. The Bertz CT molecular complexity index is 508. The van der Waals surface area contributed by atoms with Crippen molar-refractivity contribution < 1.29 is 14.3 Å². The number of halogens is 2. The molecule has 1 aliphatic rings. The molecule has 1 aromatic rings. The molecular weight excluding hydrogens is 291 g/mol. The number of carbonyl (C=O) groups is 2. The van der Waals surface area contributed by atoms with E-state index in [2.05, 4.69) is 5.32 Å². The van der Waals surface area contributed by atoms with Crippen LogP contribution in [0.3, 0.4) is 0 Å². The van der Waals surface area contributed by atoms with E-state index in [1.165, 1.54) is 4.90 Å². The highest BCUT2D eigenvalue weighted by Gasteiger charge is 2.22. The van der Waals surface area contributed by atoms with Crippen molar-refractivity contribution in [3.8, 4) is 0 Å². The lowest BCUT2D eigenvalue weighted by molar-refractivity contribution is -0.117. The standard InChI is InChI=1S/C12H12Cl2N2O3/c13-8-2-3-9(14)10(6-8)15-11(17)7-16-4-1-5-19-12(16)18/h2-3,6H,1,4-5,7H2,(H,15,17). The number of carbonyl (C=O) groups excluding carboxylic acids is 2.